The van der Waals surface area contributed by atoms with E-state index in [-0.39, 0.29) is 11.5 Å². The molecular weight excluding hydrogens is 294 g/mol. The van der Waals surface area contributed by atoms with Gasteiger partial charge in [-0.1, -0.05) is 0 Å². The van der Waals surface area contributed by atoms with E-state index in [0.29, 0.717) is 12.5 Å². The summed E-state index contributed by atoms with van der Waals surface area (Å²) in [6.45, 7) is 4.91. The van der Waals surface area contributed by atoms with E-state index in [9.17, 15) is 4.79 Å². The number of amides is 1. The zero-order valence-electron chi connectivity index (χ0n) is 13.8. The molecule has 1 aromatic rings. The van der Waals surface area contributed by atoms with E-state index in [1.165, 1.54) is 0 Å². The average Bonchev–Trinajstić information content (AvgIpc) is 3.05. The zero-order chi connectivity index (χ0) is 15.9. The van der Waals surface area contributed by atoms with E-state index in [0.717, 1.165) is 64.4 Å². The van der Waals surface area contributed by atoms with Gasteiger partial charge in [0.05, 0.1) is 12.5 Å². The number of likely N-dealkylation sites (N-methyl/N-ethyl adjacent to an activating group) is 1. The van der Waals surface area contributed by atoms with Gasteiger partial charge in [0.1, 0.15) is 12.2 Å². The number of fused-ring (bicyclic) bond motifs is 1. The van der Waals surface area contributed by atoms with Crippen LogP contribution >= 0.6 is 0 Å². The van der Waals surface area contributed by atoms with Crippen molar-refractivity contribution in [3.8, 4) is 0 Å². The van der Waals surface area contributed by atoms with Crippen molar-refractivity contribution < 1.29 is 9.53 Å². The Labute approximate surface area is 136 Å². The second kappa shape index (κ2) is 5.87. The number of ether oxygens (including phenoxy) is 1. The lowest BCUT2D eigenvalue weighted by Gasteiger charge is -2.51. The summed E-state index contributed by atoms with van der Waals surface area (Å²) in [5.74, 6) is 1.35. The summed E-state index contributed by atoms with van der Waals surface area (Å²) in [4.78, 5) is 21.8. The second-order valence-electron chi connectivity index (χ2n) is 7.11. The lowest BCUT2D eigenvalue weighted by molar-refractivity contribution is -0.145. The number of aromatic nitrogens is 3. The van der Waals surface area contributed by atoms with Gasteiger partial charge in [-0.3, -0.25) is 9.69 Å². The smallest absolute Gasteiger partial charge is 0.227 e. The summed E-state index contributed by atoms with van der Waals surface area (Å²) in [6, 6.07) is 0. The van der Waals surface area contributed by atoms with Gasteiger partial charge in [-0.15, -0.1) is 0 Å². The van der Waals surface area contributed by atoms with Gasteiger partial charge in [0.25, 0.3) is 0 Å². The molecule has 0 aromatic carbocycles. The molecule has 1 amide bonds. The van der Waals surface area contributed by atoms with Gasteiger partial charge in [-0.2, -0.15) is 5.10 Å². The Bertz CT molecular complexity index is 581. The Balaban J connectivity index is 1.46. The molecule has 2 fully saturated rings. The highest BCUT2D eigenvalue weighted by Crippen LogP contribution is 2.32. The average molecular weight is 319 g/mol. The second-order valence-corrected chi connectivity index (χ2v) is 7.11. The van der Waals surface area contributed by atoms with Crippen LogP contribution in [0.4, 0.5) is 0 Å². The van der Waals surface area contributed by atoms with E-state index in [1.807, 2.05) is 4.68 Å². The maximum absolute atomic E-state index is 13.0. The predicted octanol–water partition coefficient (Wildman–Crippen LogP) is 0.164. The third-order valence-corrected chi connectivity index (χ3v) is 5.89. The van der Waals surface area contributed by atoms with Crippen LogP contribution in [0.2, 0.25) is 0 Å². The van der Waals surface area contributed by atoms with E-state index >= 15 is 0 Å². The number of aryl methyl sites for hydroxylation is 1. The number of piperazine rings is 1. The maximum Gasteiger partial charge on any atom is 0.227 e. The van der Waals surface area contributed by atoms with Crippen LogP contribution < -0.4 is 0 Å². The number of hydrogen-bond acceptors (Lipinski definition) is 5. The molecule has 1 spiro atoms. The molecule has 1 aromatic heterocycles. The molecule has 23 heavy (non-hydrogen) atoms. The van der Waals surface area contributed by atoms with Crippen LogP contribution in [0.25, 0.3) is 0 Å². The van der Waals surface area contributed by atoms with Gasteiger partial charge in [-0.25, -0.2) is 9.67 Å². The van der Waals surface area contributed by atoms with Gasteiger partial charge >= 0.3 is 0 Å². The molecule has 0 aliphatic carbocycles. The number of hydrogen-bond donors (Lipinski definition) is 0. The third-order valence-electron chi connectivity index (χ3n) is 5.89. The lowest BCUT2D eigenvalue weighted by atomic mass is 9.85. The summed E-state index contributed by atoms with van der Waals surface area (Å²) in [5, 5.41) is 4.24. The van der Waals surface area contributed by atoms with Crippen molar-refractivity contribution in [2.24, 2.45) is 5.92 Å². The minimum absolute atomic E-state index is 0.0458. The minimum Gasteiger partial charge on any atom is -0.381 e. The first-order valence-corrected chi connectivity index (χ1v) is 8.62. The predicted molar refractivity (Wildman–Crippen MR) is 83.8 cm³/mol. The summed E-state index contributed by atoms with van der Waals surface area (Å²) < 4.78 is 7.43. The Kier molecular flexibility index (Phi) is 3.85. The molecule has 0 saturated carbocycles. The molecule has 126 valence electrons. The van der Waals surface area contributed by atoms with Crippen LogP contribution in [0.3, 0.4) is 0 Å². The van der Waals surface area contributed by atoms with E-state index in [4.69, 9.17) is 4.74 Å². The minimum atomic E-state index is 0.0458. The van der Waals surface area contributed by atoms with Crippen molar-refractivity contribution in [2.75, 3.05) is 39.9 Å². The molecule has 1 unspecified atom stereocenters. The summed E-state index contributed by atoms with van der Waals surface area (Å²) in [5.41, 5.74) is 0.110. The van der Waals surface area contributed by atoms with Gasteiger partial charge in [-0.05, 0) is 26.3 Å². The van der Waals surface area contributed by atoms with Gasteiger partial charge in [0.15, 0.2) is 0 Å². The van der Waals surface area contributed by atoms with Gasteiger partial charge in [0.2, 0.25) is 5.91 Å². The van der Waals surface area contributed by atoms with Crippen LogP contribution in [0.5, 0.6) is 0 Å². The molecule has 2 saturated heterocycles. The Morgan fingerprint density at radius 3 is 3.00 bits per heavy atom. The van der Waals surface area contributed by atoms with Crippen molar-refractivity contribution in [2.45, 2.75) is 37.8 Å². The fraction of sp³-hybridized carbons (Fsp3) is 0.812. The quantitative estimate of drug-likeness (QED) is 0.738. The molecule has 3 aliphatic heterocycles. The molecule has 7 heteroatoms. The van der Waals surface area contributed by atoms with E-state index < -0.39 is 0 Å². The fourth-order valence-corrected chi connectivity index (χ4v) is 4.24. The standard InChI is InChI=1S/C16H25N5O2/c1-19-6-7-20(11-16(19)4-8-23-9-5-16)15(22)13-2-3-14-17-12-18-21(14)10-13/h12-13H,2-11H2,1H3. The molecule has 4 rings (SSSR count). The molecule has 0 bridgehead atoms. The maximum atomic E-state index is 13.0. The number of nitrogens with zero attached hydrogens (tertiary/aromatic N) is 5. The number of carbonyl (C=O) groups is 1. The Morgan fingerprint density at radius 2 is 2.17 bits per heavy atom. The first kappa shape index (κ1) is 15.1. The summed E-state index contributed by atoms with van der Waals surface area (Å²) in [6.07, 6.45) is 5.37. The van der Waals surface area contributed by atoms with Crippen molar-refractivity contribution in [1.82, 2.24) is 24.6 Å². The fourth-order valence-electron chi connectivity index (χ4n) is 4.24. The SMILES string of the molecule is CN1CCN(C(=O)C2CCc3ncnn3C2)CC12CCOCC2. The van der Waals surface area contributed by atoms with Crippen LogP contribution in [0.15, 0.2) is 6.33 Å². The molecule has 1 atom stereocenters. The molecule has 7 nitrogen and oxygen atoms in total. The van der Waals surface area contributed by atoms with Crippen molar-refractivity contribution >= 4 is 5.91 Å². The lowest BCUT2D eigenvalue weighted by Crippen LogP contribution is -2.64. The highest BCUT2D eigenvalue weighted by molar-refractivity contribution is 5.79. The third kappa shape index (κ3) is 2.65. The largest absolute Gasteiger partial charge is 0.381 e. The van der Waals surface area contributed by atoms with Crippen LogP contribution in [0, 0.1) is 5.92 Å². The van der Waals surface area contributed by atoms with Crippen LogP contribution in [-0.2, 0) is 22.5 Å². The van der Waals surface area contributed by atoms with Crippen molar-refractivity contribution in [1.29, 1.82) is 0 Å². The molecule has 0 radical (unpaired) electrons. The Hall–Kier alpha value is -1.47. The van der Waals surface area contributed by atoms with Crippen molar-refractivity contribution in [3.05, 3.63) is 12.2 Å². The topological polar surface area (TPSA) is 63.5 Å². The molecule has 4 heterocycles. The van der Waals surface area contributed by atoms with E-state index in [2.05, 4.69) is 26.9 Å². The monoisotopic (exact) mass is 319 g/mol. The normalized spacial score (nSPS) is 27.9. The van der Waals surface area contributed by atoms with Crippen LogP contribution in [-0.4, -0.2) is 75.9 Å². The first-order valence-electron chi connectivity index (χ1n) is 8.62. The Morgan fingerprint density at radius 1 is 1.35 bits per heavy atom. The van der Waals surface area contributed by atoms with Crippen molar-refractivity contribution in [3.63, 3.8) is 0 Å². The molecular formula is C16H25N5O2. The first-order chi connectivity index (χ1) is 11.2. The molecule has 0 N–H and O–H groups in total. The summed E-state index contributed by atoms with van der Waals surface area (Å²) in [7, 11) is 2.19. The highest BCUT2D eigenvalue weighted by atomic mass is 16.5. The molecule has 3 aliphatic rings. The summed E-state index contributed by atoms with van der Waals surface area (Å²) >= 11 is 0. The van der Waals surface area contributed by atoms with Gasteiger partial charge < -0.3 is 9.64 Å². The van der Waals surface area contributed by atoms with E-state index in [1.54, 1.807) is 6.33 Å². The number of rotatable bonds is 1. The van der Waals surface area contributed by atoms with Gasteiger partial charge in [0, 0.05) is 44.8 Å². The highest BCUT2D eigenvalue weighted by Gasteiger charge is 2.43. The number of carbonyl (C=O) groups excluding carboxylic acids is 1. The van der Waals surface area contributed by atoms with Crippen LogP contribution in [0.1, 0.15) is 25.1 Å². The zero-order valence-corrected chi connectivity index (χ0v) is 13.8.